The van der Waals surface area contributed by atoms with Crippen molar-refractivity contribution >= 4 is 11.8 Å². The molecule has 0 fully saturated rings. The van der Waals surface area contributed by atoms with Gasteiger partial charge in [-0.15, -0.1) is 0 Å². The van der Waals surface area contributed by atoms with Gasteiger partial charge in [0.2, 0.25) is 0 Å². The molecule has 0 amide bonds. The van der Waals surface area contributed by atoms with Gasteiger partial charge in [-0.05, 0) is 31.9 Å². The average Bonchev–Trinajstić information content (AvgIpc) is 2.72. The summed E-state index contributed by atoms with van der Waals surface area (Å²) in [6.07, 6.45) is 9.55. The lowest BCUT2D eigenvalue weighted by Crippen LogP contribution is -2.29. The Hall–Kier alpha value is -0.480. The predicted octanol–water partition coefficient (Wildman–Crippen LogP) is 2.18. The Labute approximate surface area is 103 Å². The summed E-state index contributed by atoms with van der Waals surface area (Å²) in [7, 11) is 2.04. The molecule has 0 radical (unpaired) electrons. The van der Waals surface area contributed by atoms with Crippen molar-refractivity contribution in [3.63, 3.8) is 0 Å². The van der Waals surface area contributed by atoms with E-state index in [4.69, 9.17) is 0 Å². The van der Waals surface area contributed by atoms with Gasteiger partial charge in [-0.25, -0.2) is 4.98 Å². The van der Waals surface area contributed by atoms with Crippen LogP contribution in [0.1, 0.15) is 25.6 Å². The smallest absolute Gasteiger partial charge is 0.110 e. The molecular weight excluding hydrogens is 218 g/mol. The maximum absolute atomic E-state index is 4.45. The van der Waals surface area contributed by atoms with E-state index in [1.165, 1.54) is 24.4 Å². The van der Waals surface area contributed by atoms with Crippen LogP contribution in [0, 0.1) is 0 Å². The van der Waals surface area contributed by atoms with Crippen molar-refractivity contribution in [1.82, 2.24) is 14.9 Å². The zero-order chi connectivity index (χ0) is 11.8. The number of thioether (sulfide) groups is 1. The normalized spacial score (nSPS) is 12.9. The molecule has 92 valence electrons. The lowest BCUT2D eigenvalue weighted by atomic mass is 10.1. The Morgan fingerprint density at radius 3 is 3.00 bits per heavy atom. The highest BCUT2D eigenvalue weighted by molar-refractivity contribution is 7.98. The van der Waals surface area contributed by atoms with E-state index in [0.717, 1.165) is 13.0 Å². The largest absolute Gasteiger partial charge is 0.335 e. The standard InChI is InChI=1S/C12H23N3S/c1-4-7-15-8-6-14-12(15)10-11(13-2)5-9-16-3/h6,8,11,13H,4-5,7,9-10H2,1-3H3. The number of hydrogen-bond acceptors (Lipinski definition) is 3. The fraction of sp³-hybridized carbons (Fsp3) is 0.750. The highest BCUT2D eigenvalue weighted by Gasteiger charge is 2.10. The molecule has 0 aliphatic rings. The van der Waals surface area contributed by atoms with E-state index < -0.39 is 0 Å². The Balaban J connectivity index is 2.51. The Kier molecular flexibility index (Phi) is 6.57. The summed E-state index contributed by atoms with van der Waals surface area (Å²) >= 11 is 1.91. The minimum Gasteiger partial charge on any atom is -0.335 e. The zero-order valence-electron chi connectivity index (χ0n) is 10.6. The topological polar surface area (TPSA) is 29.9 Å². The van der Waals surface area contributed by atoms with Crippen LogP contribution in [0.3, 0.4) is 0 Å². The fourth-order valence-electron chi connectivity index (χ4n) is 1.80. The SMILES string of the molecule is CCCn1ccnc1CC(CCSC)NC. The summed E-state index contributed by atoms with van der Waals surface area (Å²) in [5.41, 5.74) is 0. The number of hydrogen-bond donors (Lipinski definition) is 1. The quantitative estimate of drug-likeness (QED) is 0.756. The van der Waals surface area contributed by atoms with Crippen LogP contribution in [0.5, 0.6) is 0 Å². The van der Waals surface area contributed by atoms with E-state index in [1.807, 2.05) is 25.0 Å². The lowest BCUT2D eigenvalue weighted by molar-refractivity contribution is 0.513. The summed E-state index contributed by atoms with van der Waals surface area (Å²) in [5, 5.41) is 3.38. The number of aromatic nitrogens is 2. The number of nitrogens with one attached hydrogen (secondary N) is 1. The van der Waals surface area contributed by atoms with Crippen molar-refractivity contribution in [2.75, 3.05) is 19.1 Å². The van der Waals surface area contributed by atoms with Crippen LogP contribution in [0.2, 0.25) is 0 Å². The number of rotatable bonds is 8. The van der Waals surface area contributed by atoms with E-state index in [0.29, 0.717) is 6.04 Å². The zero-order valence-corrected chi connectivity index (χ0v) is 11.4. The molecule has 1 rings (SSSR count). The van der Waals surface area contributed by atoms with Crippen molar-refractivity contribution < 1.29 is 0 Å². The maximum Gasteiger partial charge on any atom is 0.110 e. The van der Waals surface area contributed by atoms with Gasteiger partial charge in [-0.2, -0.15) is 11.8 Å². The third-order valence-corrected chi connectivity index (χ3v) is 3.42. The Morgan fingerprint density at radius 1 is 1.56 bits per heavy atom. The second kappa shape index (κ2) is 7.74. The van der Waals surface area contributed by atoms with Gasteiger partial charge in [0.1, 0.15) is 5.82 Å². The number of imidazole rings is 1. The molecule has 1 N–H and O–H groups in total. The Bertz CT molecular complexity index is 286. The minimum atomic E-state index is 0.547. The summed E-state index contributed by atoms with van der Waals surface area (Å²) in [5.74, 6) is 2.42. The molecule has 0 aliphatic heterocycles. The van der Waals surface area contributed by atoms with Crippen LogP contribution in [0.25, 0.3) is 0 Å². The highest BCUT2D eigenvalue weighted by Crippen LogP contribution is 2.08. The first-order chi connectivity index (χ1) is 7.81. The number of aryl methyl sites for hydroxylation is 1. The summed E-state index contributed by atoms with van der Waals surface area (Å²) in [6.45, 7) is 3.28. The van der Waals surface area contributed by atoms with Crippen LogP contribution in [-0.4, -0.2) is 34.6 Å². The Morgan fingerprint density at radius 2 is 2.38 bits per heavy atom. The summed E-state index contributed by atoms with van der Waals surface area (Å²) in [4.78, 5) is 4.45. The first-order valence-electron chi connectivity index (χ1n) is 5.98. The molecule has 0 spiro atoms. The first-order valence-corrected chi connectivity index (χ1v) is 7.37. The van der Waals surface area contributed by atoms with Gasteiger partial charge in [0, 0.05) is 31.4 Å². The van der Waals surface area contributed by atoms with Crippen molar-refractivity contribution in [2.24, 2.45) is 0 Å². The second-order valence-corrected chi connectivity index (χ2v) is 4.99. The van der Waals surface area contributed by atoms with E-state index in [9.17, 15) is 0 Å². The molecule has 0 aliphatic carbocycles. The molecule has 1 atom stereocenters. The monoisotopic (exact) mass is 241 g/mol. The highest BCUT2D eigenvalue weighted by atomic mass is 32.2. The van der Waals surface area contributed by atoms with Crippen molar-refractivity contribution in [2.45, 2.75) is 38.8 Å². The minimum absolute atomic E-state index is 0.547. The molecule has 1 unspecified atom stereocenters. The van der Waals surface area contributed by atoms with Gasteiger partial charge in [-0.3, -0.25) is 0 Å². The van der Waals surface area contributed by atoms with Crippen LogP contribution >= 0.6 is 11.8 Å². The maximum atomic E-state index is 4.45. The molecular formula is C12H23N3S. The third-order valence-electron chi connectivity index (χ3n) is 2.77. The molecule has 16 heavy (non-hydrogen) atoms. The van der Waals surface area contributed by atoms with E-state index in [2.05, 4.69) is 34.2 Å². The van der Waals surface area contributed by atoms with Crippen LogP contribution in [0.15, 0.2) is 12.4 Å². The molecule has 1 aromatic rings. The molecule has 0 saturated carbocycles. The van der Waals surface area contributed by atoms with Gasteiger partial charge in [-0.1, -0.05) is 6.92 Å². The van der Waals surface area contributed by atoms with Gasteiger partial charge >= 0.3 is 0 Å². The van der Waals surface area contributed by atoms with Gasteiger partial charge < -0.3 is 9.88 Å². The first kappa shape index (κ1) is 13.6. The number of likely N-dealkylation sites (N-methyl/N-ethyl adjacent to an activating group) is 1. The molecule has 0 saturated heterocycles. The molecule has 1 heterocycles. The molecule has 3 nitrogen and oxygen atoms in total. The van der Waals surface area contributed by atoms with Crippen molar-refractivity contribution in [1.29, 1.82) is 0 Å². The van der Waals surface area contributed by atoms with E-state index in [1.54, 1.807) is 0 Å². The second-order valence-electron chi connectivity index (χ2n) is 4.01. The molecule has 4 heteroatoms. The van der Waals surface area contributed by atoms with Crippen molar-refractivity contribution in [3.05, 3.63) is 18.2 Å². The van der Waals surface area contributed by atoms with Crippen LogP contribution in [0.4, 0.5) is 0 Å². The van der Waals surface area contributed by atoms with Gasteiger partial charge in [0.15, 0.2) is 0 Å². The number of nitrogens with zero attached hydrogens (tertiary/aromatic N) is 2. The summed E-state index contributed by atoms with van der Waals surface area (Å²) in [6, 6.07) is 0.547. The molecule has 0 bridgehead atoms. The summed E-state index contributed by atoms with van der Waals surface area (Å²) < 4.78 is 2.27. The van der Waals surface area contributed by atoms with E-state index in [-0.39, 0.29) is 0 Å². The van der Waals surface area contributed by atoms with Crippen LogP contribution in [-0.2, 0) is 13.0 Å². The van der Waals surface area contributed by atoms with Gasteiger partial charge in [0.05, 0.1) is 0 Å². The van der Waals surface area contributed by atoms with Crippen LogP contribution < -0.4 is 5.32 Å². The van der Waals surface area contributed by atoms with Crippen molar-refractivity contribution in [3.8, 4) is 0 Å². The lowest BCUT2D eigenvalue weighted by Gasteiger charge is -2.16. The average molecular weight is 241 g/mol. The fourth-order valence-corrected chi connectivity index (χ4v) is 2.32. The molecule has 0 aromatic carbocycles. The van der Waals surface area contributed by atoms with Gasteiger partial charge in [0.25, 0.3) is 0 Å². The predicted molar refractivity (Wildman–Crippen MR) is 72.1 cm³/mol. The van der Waals surface area contributed by atoms with E-state index >= 15 is 0 Å². The molecule has 1 aromatic heterocycles. The third kappa shape index (κ3) is 4.18.